The number of pyridine rings is 1. The number of nitrogens with one attached hydrogen (secondary N) is 2. The predicted molar refractivity (Wildman–Crippen MR) is 69.5 cm³/mol. The van der Waals surface area contributed by atoms with Crippen molar-refractivity contribution in [2.45, 2.75) is 26.7 Å². The first kappa shape index (κ1) is 14.2. The fourth-order valence-corrected chi connectivity index (χ4v) is 1.35. The molecule has 0 radical (unpaired) electrons. The fraction of sp³-hybridized carbons (Fsp3) is 0.462. The molecule has 0 aromatic carbocycles. The Morgan fingerprint density at radius 1 is 1.00 bits per heavy atom. The maximum absolute atomic E-state index is 11.7. The van der Waals surface area contributed by atoms with Crippen LogP contribution in [0.2, 0.25) is 0 Å². The number of rotatable bonds is 6. The summed E-state index contributed by atoms with van der Waals surface area (Å²) >= 11 is 0. The number of carbonyl (C=O) groups is 2. The molecule has 1 aromatic rings. The SMILES string of the molecule is CCCNC(=O)c1cccc(C(=O)NCCC)n1. The van der Waals surface area contributed by atoms with Crippen LogP contribution in [0.1, 0.15) is 47.7 Å². The quantitative estimate of drug-likeness (QED) is 0.799. The van der Waals surface area contributed by atoms with E-state index < -0.39 is 0 Å². The summed E-state index contributed by atoms with van der Waals surface area (Å²) in [5.41, 5.74) is 0.542. The summed E-state index contributed by atoms with van der Waals surface area (Å²) in [6.07, 6.45) is 1.73. The van der Waals surface area contributed by atoms with Gasteiger partial charge in [0, 0.05) is 13.1 Å². The van der Waals surface area contributed by atoms with Gasteiger partial charge >= 0.3 is 0 Å². The van der Waals surface area contributed by atoms with E-state index in [1.807, 2.05) is 13.8 Å². The van der Waals surface area contributed by atoms with E-state index >= 15 is 0 Å². The lowest BCUT2D eigenvalue weighted by Crippen LogP contribution is -2.28. The molecular formula is C13H19N3O2. The van der Waals surface area contributed by atoms with Crippen LogP contribution in [0.5, 0.6) is 0 Å². The molecule has 1 heterocycles. The molecule has 0 saturated carbocycles. The third kappa shape index (κ3) is 4.16. The molecule has 5 nitrogen and oxygen atoms in total. The summed E-state index contributed by atoms with van der Waals surface area (Å²) in [4.78, 5) is 27.4. The topological polar surface area (TPSA) is 71.1 Å². The monoisotopic (exact) mass is 249 g/mol. The molecule has 2 N–H and O–H groups in total. The van der Waals surface area contributed by atoms with Crippen molar-refractivity contribution in [1.82, 2.24) is 15.6 Å². The van der Waals surface area contributed by atoms with Gasteiger partial charge in [-0.1, -0.05) is 19.9 Å². The van der Waals surface area contributed by atoms with Crippen LogP contribution in [-0.4, -0.2) is 29.9 Å². The van der Waals surface area contributed by atoms with Crippen molar-refractivity contribution in [2.75, 3.05) is 13.1 Å². The molecule has 0 atom stereocenters. The maximum atomic E-state index is 11.7. The minimum absolute atomic E-state index is 0.248. The number of amides is 2. The first-order chi connectivity index (χ1) is 8.69. The molecule has 0 aliphatic rings. The lowest BCUT2D eigenvalue weighted by Gasteiger charge is -2.05. The molecular weight excluding hydrogens is 230 g/mol. The molecule has 0 spiro atoms. The average molecular weight is 249 g/mol. The number of carbonyl (C=O) groups excluding carboxylic acids is 2. The fourth-order valence-electron chi connectivity index (χ4n) is 1.35. The minimum atomic E-state index is -0.248. The van der Waals surface area contributed by atoms with Gasteiger partial charge in [-0.3, -0.25) is 9.59 Å². The van der Waals surface area contributed by atoms with E-state index in [1.54, 1.807) is 18.2 Å². The molecule has 0 aliphatic heterocycles. The van der Waals surface area contributed by atoms with Gasteiger partial charge < -0.3 is 10.6 Å². The van der Waals surface area contributed by atoms with E-state index in [2.05, 4.69) is 15.6 Å². The first-order valence-corrected chi connectivity index (χ1v) is 6.22. The van der Waals surface area contributed by atoms with Gasteiger partial charge in [0.2, 0.25) is 0 Å². The second-order valence-electron chi connectivity index (χ2n) is 3.92. The Kier molecular flexibility index (Phi) is 5.84. The Bertz CT molecular complexity index is 383. The van der Waals surface area contributed by atoms with Crippen LogP contribution in [0.25, 0.3) is 0 Å². The van der Waals surface area contributed by atoms with Crippen molar-refractivity contribution in [2.24, 2.45) is 0 Å². The number of hydrogen-bond donors (Lipinski definition) is 2. The Morgan fingerprint density at radius 2 is 1.44 bits per heavy atom. The van der Waals surface area contributed by atoms with Crippen molar-refractivity contribution in [3.8, 4) is 0 Å². The van der Waals surface area contributed by atoms with Crippen LogP contribution < -0.4 is 10.6 Å². The Morgan fingerprint density at radius 3 is 1.83 bits per heavy atom. The van der Waals surface area contributed by atoms with Gasteiger partial charge in [0.05, 0.1) is 0 Å². The van der Waals surface area contributed by atoms with Crippen molar-refractivity contribution >= 4 is 11.8 Å². The van der Waals surface area contributed by atoms with Gasteiger partial charge in [-0.25, -0.2) is 4.98 Å². The van der Waals surface area contributed by atoms with Gasteiger partial charge in [-0.2, -0.15) is 0 Å². The smallest absolute Gasteiger partial charge is 0.269 e. The van der Waals surface area contributed by atoms with Crippen LogP contribution in [0.15, 0.2) is 18.2 Å². The van der Waals surface area contributed by atoms with Gasteiger partial charge in [-0.15, -0.1) is 0 Å². The normalized spacial score (nSPS) is 9.89. The molecule has 1 aromatic heterocycles. The van der Waals surface area contributed by atoms with E-state index in [1.165, 1.54) is 0 Å². The lowest BCUT2D eigenvalue weighted by molar-refractivity contribution is 0.0944. The van der Waals surface area contributed by atoms with E-state index in [-0.39, 0.29) is 23.2 Å². The molecule has 0 unspecified atom stereocenters. The molecule has 0 saturated heterocycles. The summed E-state index contributed by atoms with van der Waals surface area (Å²) in [6, 6.07) is 4.86. The first-order valence-electron chi connectivity index (χ1n) is 6.22. The van der Waals surface area contributed by atoms with Crippen molar-refractivity contribution in [1.29, 1.82) is 0 Å². The van der Waals surface area contributed by atoms with E-state index in [0.717, 1.165) is 12.8 Å². The van der Waals surface area contributed by atoms with Crippen molar-refractivity contribution in [3.05, 3.63) is 29.6 Å². The zero-order chi connectivity index (χ0) is 13.4. The summed E-state index contributed by atoms with van der Waals surface area (Å²) in [7, 11) is 0. The Hall–Kier alpha value is -1.91. The van der Waals surface area contributed by atoms with Gasteiger partial charge in [0.25, 0.3) is 11.8 Å². The maximum Gasteiger partial charge on any atom is 0.269 e. The summed E-state index contributed by atoms with van der Waals surface area (Å²) in [5.74, 6) is -0.496. The molecule has 98 valence electrons. The van der Waals surface area contributed by atoms with Gasteiger partial charge in [0.1, 0.15) is 11.4 Å². The van der Waals surface area contributed by atoms with Crippen LogP contribution in [0.3, 0.4) is 0 Å². The Balaban J connectivity index is 2.72. The molecule has 2 amide bonds. The second kappa shape index (κ2) is 7.42. The highest BCUT2D eigenvalue weighted by molar-refractivity contribution is 5.96. The molecule has 5 heteroatoms. The number of hydrogen-bond acceptors (Lipinski definition) is 3. The summed E-state index contributed by atoms with van der Waals surface area (Å²) in [6.45, 7) is 5.16. The third-order valence-electron chi connectivity index (χ3n) is 2.29. The predicted octanol–water partition coefficient (Wildman–Crippen LogP) is 1.36. The Labute approximate surface area is 107 Å². The lowest BCUT2D eigenvalue weighted by atomic mass is 10.2. The average Bonchev–Trinajstić information content (AvgIpc) is 2.42. The number of aromatic nitrogens is 1. The highest BCUT2D eigenvalue weighted by Gasteiger charge is 2.11. The minimum Gasteiger partial charge on any atom is -0.351 e. The van der Waals surface area contributed by atoms with E-state index in [9.17, 15) is 9.59 Å². The summed E-state index contributed by atoms with van der Waals surface area (Å²) < 4.78 is 0. The highest BCUT2D eigenvalue weighted by Crippen LogP contribution is 2.00. The van der Waals surface area contributed by atoms with Crippen LogP contribution in [0, 0.1) is 0 Å². The zero-order valence-electron chi connectivity index (χ0n) is 10.8. The standard InChI is InChI=1S/C13H19N3O2/c1-3-8-14-12(17)10-6-5-7-11(16-10)13(18)15-9-4-2/h5-7H,3-4,8-9H2,1-2H3,(H,14,17)(H,15,18). The molecule has 18 heavy (non-hydrogen) atoms. The summed E-state index contributed by atoms with van der Waals surface area (Å²) in [5, 5.41) is 5.45. The number of nitrogens with zero attached hydrogens (tertiary/aromatic N) is 1. The molecule has 1 rings (SSSR count). The van der Waals surface area contributed by atoms with Crippen molar-refractivity contribution < 1.29 is 9.59 Å². The highest BCUT2D eigenvalue weighted by atomic mass is 16.2. The largest absolute Gasteiger partial charge is 0.351 e. The molecule has 0 bridgehead atoms. The van der Waals surface area contributed by atoms with Crippen LogP contribution in [0.4, 0.5) is 0 Å². The van der Waals surface area contributed by atoms with E-state index in [0.29, 0.717) is 13.1 Å². The second-order valence-corrected chi connectivity index (χ2v) is 3.92. The van der Waals surface area contributed by atoms with Crippen LogP contribution in [-0.2, 0) is 0 Å². The van der Waals surface area contributed by atoms with E-state index in [4.69, 9.17) is 0 Å². The van der Waals surface area contributed by atoms with Crippen LogP contribution >= 0.6 is 0 Å². The molecule has 0 aliphatic carbocycles. The van der Waals surface area contributed by atoms with Crippen molar-refractivity contribution in [3.63, 3.8) is 0 Å². The third-order valence-corrected chi connectivity index (χ3v) is 2.29. The van der Waals surface area contributed by atoms with Gasteiger partial charge in [-0.05, 0) is 25.0 Å². The molecule has 0 fully saturated rings. The van der Waals surface area contributed by atoms with Gasteiger partial charge in [0.15, 0.2) is 0 Å². The zero-order valence-corrected chi connectivity index (χ0v) is 10.8.